The Morgan fingerprint density at radius 1 is 0.935 bits per heavy atom. The maximum Gasteiger partial charge on any atom is 0.233 e. The largest absolute Gasteiger partial charge is 0.495 e. The first-order chi connectivity index (χ1) is 14.7. The first-order valence-electron chi connectivity index (χ1n) is 10.1. The second-order valence-electron chi connectivity index (χ2n) is 6.88. The fourth-order valence-electron chi connectivity index (χ4n) is 3.20. The summed E-state index contributed by atoms with van der Waals surface area (Å²) in [5.74, 6) is 2.26. The van der Waals surface area contributed by atoms with E-state index in [-0.39, 0.29) is 12.4 Å². The van der Waals surface area contributed by atoms with Crippen LogP contribution < -0.4 is 20.3 Å². The van der Waals surface area contributed by atoms with Gasteiger partial charge in [0.15, 0.2) is 0 Å². The summed E-state index contributed by atoms with van der Waals surface area (Å²) in [6, 6.07) is 15.9. The van der Waals surface area contributed by atoms with Gasteiger partial charge in [-0.15, -0.1) is 12.4 Å². The summed E-state index contributed by atoms with van der Waals surface area (Å²) in [6.07, 6.45) is 1.00. The molecule has 1 aromatic heterocycles. The molecule has 0 spiro atoms. The molecular weight excluding hydrogens is 416 g/mol. The Labute approximate surface area is 188 Å². The van der Waals surface area contributed by atoms with Gasteiger partial charge in [0.25, 0.3) is 0 Å². The highest BCUT2D eigenvalue weighted by atomic mass is 35.5. The van der Waals surface area contributed by atoms with Gasteiger partial charge in [-0.05, 0) is 36.2 Å². The molecule has 164 valence electrons. The van der Waals surface area contributed by atoms with E-state index in [9.17, 15) is 0 Å². The van der Waals surface area contributed by atoms with Crippen molar-refractivity contribution in [2.45, 2.75) is 13.3 Å². The Morgan fingerprint density at radius 2 is 1.61 bits per heavy atom. The number of nitrogens with one attached hydrogen (secondary N) is 2. The number of morpholine rings is 1. The lowest BCUT2D eigenvalue weighted by atomic mass is 10.1. The van der Waals surface area contributed by atoms with Crippen LogP contribution in [-0.4, -0.2) is 48.4 Å². The Kier molecular flexibility index (Phi) is 7.86. The monoisotopic (exact) mass is 442 g/mol. The van der Waals surface area contributed by atoms with Crippen molar-refractivity contribution < 1.29 is 9.47 Å². The number of rotatable bonds is 7. The number of methoxy groups -OCH3 is 1. The van der Waals surface area contributed by atoms with Crippen molar-refractivity contribution in [2.24, 2.45) is 0 Å². The Balaban J connectivity index is 0.00000272. The van der Waals surface area contributed by atoms with Crippen molar-refractivity contribution in [2.75, 3.05) is 48.9 Å². The van der Waals surface area contributed by atoms with E-state index in [0.717, 1.165) is 36.6 Å². The average molecular weight is 443 g/mol. The Bertz CT molecular complexity index is 980. The van der Waals surface area contributed by atoms with Gasteiger partial charge in [0.2, 0.25) is 17.8 Å². The number of aromatic nitrogens is 3. The van der Waals surface area contributed by atoms with Crippen LogP contribution in [0.3, 0.4) is 0 Å². The summed E-state index contributed by atoms with van der Waals surface area (Å²) in [4.78, 5) is 16.0. The van der Waals surface area contributed by atoms with Gasteiger partial charge in [0, 0.05) is 18.8 Å². The van der Waals surface area contributed by atoms with Gasteiger partial charge >= 0.3 is 0 Å². The fourth-order valence-corrected chi connectivity index (χ4v) is 3.20. The molecule has 0 atom stereocenters. The van der Waals surface area contributed by atoms with Crippen molar-refractivity contribution in [3.63, 3.8) is 0 Å². The molecule has 0 aliphatic carbocycles. The van der Waals surface area contributed by atoms with Crippen molar-refractivity contribution in [3.8, 4) is 5.75 Å². The highest BCUT2D eigenvalue weighted by Gasteiger charge is 2.17. The summed E-state index contributed by atoms with van der Waals surface area (Å²) >= 11 is 0. The zero-order valence-electron chi connectivity index (χ0n) is 17.7. The van der Waals surface area contributed by atoms with E-state index in [4.69, 9.17) is 9.47 Å². The normalized spacial score (nSPS) is 13.3. The number of hydrogen-bond acceptors (Lipinski definition) is 8. The molecule has 8 nitrogen and oxygen atoms in total. The SMILES string of the molecule is CCc1ccc(Nc2nc(Nc3ccccc3OC)nc(N3CCOCC3)n2)cc1.Cl. The van der Waals surface area contributed by atoms with Crippen molar-refractivity contribution >= 4 is 41.6 Å². The minimum atomic E-state index is 0. The second kappa shape index (κ2) is 10.8. The molecule has 2 heterocycles. The topological polar surface area (TPSA) is 84.4 Å². The smallest absolute Gasteiger partial charge is 0.233 e. The third-order valence-corrected chi connectivity index (χ3v) is 4.89. The summed E-state index contributed by atoms with van der Waals surface area (Å²) in [7, 11) is 1.64. The zero-order valence-corrected chi connectivity index (χ0v) is 18.5. The second-order valence-corrected chi connectivity index (χ2v) is 6.88. The van der Waals surface area contributed by atoms with Gasteiger partial charge in [-0.1, -0.05) is 31.2 Å². The lowest BCUT2D eigenvalue weighted by Crippen LogP contribution is -2.37. The quantitative estimate of drug-likeness (QED) is 0.563. The van der Waals surface area contributed by atoms with Gasteiger partial charge in [0.05, 0.1) is 26.0 Å². The highest BCUT2D eigenvalue weighted by molar-refractivity contribution is 5.85. The lowest BCUT2D eigenvalue weighted by Gasteiger charge is -2.27. The minimum absolute atomic E-state index is 0. The van der Waals surface area contributed by atoms with E-state index < -0.39 is 0 Å². The number of ether oxygens (including phenoxy) is 2. The number of aryl methyl sites for hydroxylation is 1. The molecule has 4 rings (SSSR count). The molecule has 1 saturated heterocycles. The molecule has 1 aliphatic rings. The molecule has 1 aliphatic heterocycles. The van der Waals surface area contributed by atoms with Crippen LogP contribution in [0.15, 0.2) is 48.5 Å². The molecule has 3 aromatic rings. The van der Waals surface area contributed by atoms with Crippen LogP contribution in [-0.2, 0) is 11.2 Å². The number of anilines is 5. The van der Waals surface area contributed by atoms with Crippen LogP contribution in [0.1, 0.15) is 12.5 Å². The molecule has 2 aromatic carbocycles. The van der Waals surface area contributed by atoms with E-state index in [1.807, 2.05) is 36.4 Å². The standard InChI is InChI=1S/C22H26N6O2.ClH/c1-3-16-8-10-17(11-9-16)23-20-25-21(24-18-6-4-5-7-19(18)29-2)27-22(26-20)28-12-14-30-15-13-28;/h4-11H,3,12-15H2,1-2H3,(H2,23,24,25,26,27);1H. The molecule has 31 heavy (non-hydrogen) atoms. The molecule has 1 fully saturated rings. The third-order valence-electron chi connectivity index (χ3n) is 4.89. The van der Waals surface area contributed by atoms with Crippen LogP contribution in [0, 0.1) is 0 Å². The van der Waals surface area contributed by atoms with E-state index >= 15 is 0 Å². The van der Waals surface area contributed by atoms with Crippen LogP contribution in [0.25, 0.3) is 0 Å². The summed E-state index contributed by atoms with van der Waals surface area (Å²) in [6.45, 7) is 4.93. The van der Waals surface area contributed by atoms with Gasteiger partial charge in [-0.3, -0.25) is 0 Å². The lowest BCUT2D eigenvalue weighted by molar-refractivity contribution is 0.122. The molecule has 0 unspecified atom stereocenters. The van der Waals surface area contributed by atoms with Crippen molar-refractivity contribution in [1.82, 2.24) is 15.0 Å². The maximum absolute atomic E-state index is 5.46. The Morgan fingerprint density at radius 3 is 2.29 bits per heavy atom. The maximum atomic E-state index is 5.46. The van der Waals surface area contributed by atoms with E-state index in [2.05, 4.69) is 49.5 Å². The van der Waals surface area contributed by atoms with E-state index in [1.165, 1.54) is 5.56 Å². The third kappa shape index (κ3) is 5.74. The minimum Gasteiger partial charge on any atom is -0.495 e. The van der Waals surface area contributed by atoms with E-state index in [0.29, 0.717) is 31.1 Å². The molecule has 0 amide bonds. The van der Waals surface area contributed by atoms with Gasteiger partial charge < -0.3 is 25.0 Å². The van der Waals surface area contributed by atoms with Crippen molar-refractivity contribution in [3.05, 3.63) is 54.1 Å². The number of halogens is 1. The van der Waals surface area contributed by atoms with E-state index in [1.54, 1.807) is 7.11 Å². The summed E-state index contributed by atoms with van der Waals surface area (Å²) in [5, 5.41) is 6.56. The van der Waals surface area contributed by atoms with Crippen molar-refractivity contribution in [1.29, 1.82) is 0 Å². The number of hydrogen-bond donors (Lipinski definition) is 2. The molecule has 0 radical (unpaired) electrons. The highest BCUT2D eigenvalue weighted by Crippen LogP contribution is 2.27. The molecular formula is C22H27ClN6O2. The fraction of sp³-hybridized carbons (Fsp3) is 0.318. The van der Waals surface area contributed by atoms with Gasteiger partial charge in [0.1, 0.15) is 5.75 Å². The summed E-state index contributed by atoms with van der Waals surface area (Å²) < 4.78 is 10.9. The number of nitrogens with zero attached hydrogens (tertiary/aromatic N) is 4. The first kappa shape index (κ1) is 22.6. The summed E-state index contributed by atoms with van der Waals surface area (Å²) in [5.41, 5.74) is 3.00. The van der Waals surface area contributed by atoms with Gasteiger partial charge in [-0.2, -0.15) is 15.0 Å². The van der Waals surface area contributed by atoms with Crippen LogP contribution >= 0.6 is 12.4 Å². The van der Waals surface area contributed by atoms with Gasteiger partial charge in [-0.25, -0.2) is 0 Å². The van der Waals surface area contributed by atoms with Crippen LogP contribution in [0.2, 0.25) is 0 Å². The molecule has 0 saturated carbocycles. The number of para-hydroxylation sites is 2. The molecule has 2 N–H and O–H groups in total. The average Bonchev–Trinajstić information content (AvgIpc) is 2.80. The number of benzene rings is 2. The molecule has 0 bridgehead atoms. The zero-order chi connectivity index (χ0) is 20.8. The first-order valence-corrected chi connectivity index (χ1v) is 10.1. The van der Waals surface area contributed by atoms with Crippen LogP contribution in [0.5, 0.6) is 5.75 Å². The molecule has 9 heteroatoms. The Hall–Kier alpha value is -3.10. The predicted octanol–water partition coefficient (Wildman–Crippen LogP) is 4.19. The van der Waals surface area contributed by atoms with Crippen LogP contribution in [0.4, 0.5) is 29.2 Å². The predicted molar refractivity (Wildman–Crippen MR) is 125 cm³/mol.